The smallest absolute Gasteiger partial charge is 0.0368 e. The van der Waals surface area contributed by atoms with Crippen LogP contribution in [0.3, 0.4) is 0 Å². The van der Waals surface area contributed by atoms with Crippen molar-refractivity contribution in [1.29, 1.82) is 0 Å². The Hall–Kier alpha value is -1.26. The Labute approximate surface area is 110 Å². The number of hydrogen-bond donors (Lipinski definition) is 1. The molecule has 0 saturated carbocycles. The number of nitrogen functional groups attached to an aromatic ring is 1. The fraction of sp³-hybridized carbons (Fsp3) is 0.571. The number of benzene rings is 1. The Kier molecular flexibility index (Phi) is 4.44. The Morgan fingerprint density at radius 1 is 0.778 bits per heavy atom. The van der Waals surface area contributed by atoms with Crippen LogP contribution in [0.4, 0.5) is 11.4 Å². The van der Waals surface area contributed by atoms with Crippen LogP contribution in [0.5, 0.6) is 0 Å². The largest absolute Gasteiger partial charge is 0.399 e. The van der Waals surface area contributed by atoms with Crippen LogP contribution < -0.4 is 10.6 Å². The van der Waals surface area contributed by atoms with E-state index in [0.29, 0.717) is 0 Å². The standard InChI is InChI=1S/C14H24N4/c1-16-7-8-17(2)10-12-18(11-9-16)14-5-3-13(15)4-6-14/h3-6H,7-12,15H2,1-2H3. The minimum Gasteiger partial charge on any atom is -0.399 e. The molecule has 1 aliphatic heterocycles. The van der Waals surface area contributed by atoms with E-state index in [2.05, 4.69) is 40.9 Å². The Morgan fingerprint density at radius 2 is 1.22 bits per heavy atom. The van der Waals surface area contributed by atoms with Crippen molar-refractivity contribution in [2.24, 2.45) is 0 Å². The molecule has 0 bridgehead atoms. The highest BCUT2D eigenvalue weighted by atomic mass is 15.2. The maximum atomic E-state index is 5.75. The van der Waals surface area contributed by atoms with Crippen molar-refractivity contribution in [3.8, 4) is 0 Å². The average Bonchev–Trinajstić information content (AvgIpc) is 2.44. The SMILES string of the molecule is CN1CCN(C)CCN(c2ccc(N)cc2)CC1. The van der Waals surface area contributed by atoms with E-state index in [9.17, 15) is 0 Å². The summed E-state index contributed by atoms with van der Waals surface area (Å²) in [4.78, 5) is 7.23. The molecule has 0 radical (unpaired) electrons. The predicted molar refractivity (Wildman–Crippen MR) is 78.1 cm³/mol. The summed E-state index contributed by atoms with van der Waals surface area (Å²) in [6.07, 6.45) is 0. The van der Waals surface area contributed by atoms with E-state index in [-0.39, 0.29) is 0 Å². The zero-order valence-corrected chi connectivity index (χ0v) is 11.5. The summed E-state index contributed by atoms with van der Waals surface area (Å²) in [5, 5.41) is 0. The minimum atomic E-state index is 0.831. The van der Waals surface area contributed by atoms with Crippen molar-refractivity contribution >= 4 is 11.4 Å². The van der Waals surface area contributed by atoms with Crippen molar-refractivity contribution in [2.45, 2.75) is 0 Å². The van der Waals surface area contributed by atoms with Gasteiger partial charge in [-0.2, -0.15) is 0 Å². The van der Waals surface area contributed by atoms with Crippen LogP contribution in [0.1, 0.15) is 0 Å². The van der Waals surface area contributed by atoms with Gasteiger partial charge in [-0.3, -0.25) is 0 Å². The third kappa shape index (κ3) is 3.62. The van der Waals surface area contributed by atoms with Gasteiger partial charge in [0.05, 0.1) is 0 Å². The molecular formula is C14H24N4. The Balaban J connectivity index is 2.07. The molecule has 2 N–H and O–H groups in total. The van der Waals surface area contributed by atoms with Gasteiger partial charge < -0.3 is 20.4 Å². The van der Waals surface area contributed by atoms with Gasteiger partial charge in [0.2, 0.25) is 0 Å². The van der Waals surface area contributed by atoms with E-state index in [0.717, 1.165) is 45.0 Å². The molecule has 1 fully saturated rings. The molecule has 0 atom stereocenters. The first-order valence-corrected chi connectivity index (χ1v) is 6.63. The lowest BCUT2D eigenvalue weighted by atomic mass is 10.2. The van der Waals surface area contributed by atoms with Gasteiger partial charge in [0, 0.05) is 50.6 Å². The molecule has 1 aromatic carbocycles. The molecule has 0 spiro atoms. The van der Waals surface area contributed by atoms with E-state index in [1.165, 1.54) is 5.69 Å². The van der Waals surface area contributed by atoms with Gasteiger partial charge in [0.1, 0.15) is 0 Å². The van der Waals surface area contributed by atoms with E-state index in [4.69, 9.17) is 5.73 Å². The third-order valence-corrected chi connectivity index (χ3v) is 3.62. The van der Waals surface area contributed by atoms with Gasteiger partial charge in [-0.15, -0.1) is 0 Å². The normalized spacial score (nSPS) is 20.2. The van der Waals surface area contributed by atoms with Gasteiger partial charge in [-0.05, 0) is 38.4 Å². The maximum Gasteiger partial charge on any atom is 0.0368 e. The van der Waals surface area contributed by atoms with Crippen LogP contribution in [0.25, 0.3) is 0 Å². The van der Waals surface area contributed by atoms with Crippen molar-refractivity contribution in [3.63, 3.8) is 0 Å². The summed E-state index contributed by atoms with van der Waals surface area (Å²) >= 11 is 0. The van der Waals surface area contributed by atoms with Crippen LogP contribution in [0.15, 0.2) is 24.3 Å². The number of rotatable bonds is 1. The molecule has 100 valence electrons. The molecule has 1 aliphatic rings. The fourth-order valence-corrected chi connectivity index (χ4v) is 2.20. The number of anilines is 2. The van der Waals surface area contributed by atoms with E-state index in [1.807, 2.05) is 12.1 Å². The summed E-state index contributed by atoms with van der Waals surface area (Å²) in [6.45, 7) is 6.66. The molecule has 2 rings (SSSR count). The second-order valence-corrected chi connectivity index (χ2v) is 5.19. The quantitative estimate of drug-likeness (QED) is 0.751. The molecule has 1 saturated heterocycles. The highest BCUT2D eigenvalue weighted by Gasteiger charge is 2.12. The zero-order valence-electron chi connectivity index (χ0n) is 11.5. The van der Waals surface area contributed by atoms with Crippen molar-refractivity contribution in [1.82, 2.24) is 9.80 Å². The van der Waals surface area contributed by atoms with E-state index < -0.39 is 0 Å². The van der Waals surface area contributed by atoms with Crippen LogP contribution >= 0.6 is 0 Å². The number of nitrogens with zero attached hydrogens (tertiary/aromatic N) is 3. The lowest BCUT2D eigenvalue weighted by Gasteiger charge is -2.26. The zero-order chi connectivity index (χ0) is 13.0. The van der Waals surface area contributed by atoms with Crippen LogP contribution in [-0.4, -0.2) is 63.2 Å². The third-order valence-electron chi connectivity index (χ3n) is 3.62. The molecule has 0 aromatic heterocycles. The lowest BCUT2D eigenvalue weighted by molar-refractivity contribution is 0.277. The van der Waals surface area contributed by atoms with Crippen molar-refractivity contribution in [3.05, 3.63) is 24.3 Å². The predicted octanol–water partition coefficient (Wildman–Crippen LogP) is 0.952. The first-order valence-electron chi connectivity index (χ1n) is 6.63. The highest BCUT2D eigenvalue weighted by Crippen LogP contribution is 2.16. The van der Waals surface area contributed by atoms with Crippen LogP contribution in [0, 0.1) is 0 Å². The molecular weight excluding hydrogens is 224 g/mol. The summed E-state index contributed by atoms with van der Waals surface area (Å²) in [6, 6.07) is 8.20. The summed E-state index contributed by atoms with van der Waals surface area (Å²) < 4.78 is 0. The Morgan fingerprint density at radius 3 is 1.72 bits per heavy atom. The number of likely N-dealkylation sites (N-methyl/N-ethyl adjacent to an activating group) is 2. The van der Waals surface area contributed by atoms with Gasteiger partial charge in [0.25, 0.3) is 0 Å². The molecule has 4 heteroatoms. The summed E-state index contributed by atoms with van der Waals surface area (Å²) in [5.74, 6) is 0. The molecule has 18 heavy (non-hydrogen) atoms. The number of hydrogen-bond acceptors (Lipinski definition) is 4. The molecule has 0 amide bonds. The van der Waals surface area contributed by atoms with Gasteiger partial charge >= 0.3 is 0 Å². The second-order valence-electron chi connectivity index (χ2n) is 5.19. The van der Waals surface area contributed by atoms with Crippen LogP contribution in [0.2, 0.25) is 0 Å². The minimum absolute atomic E-state index is 0.831. The van der Waals surface area contributed by atoms with Crippen molar-refractivity contribution in [2.75, 3.05) is 64.0 Å². The van der Waals surface area contributed by atoms with Gasteiger partial charge in [-0.25, -0.2) is 0 Å². The number of nitrogens with two attached hydrogens (primary N) is 1. The highest BCUT2D eigenvalue weighted by molar-refractivity contribution is 5.53. The van der Waals surface area contributed by atoms with Gasteiger partial charge in [-0.1, -0.05) is 0 Å². The molecule has 1 heterocycles. The topological polar surface area (TPSA) is 35.7 Å². The van der Waals surface area contributed by atoms with Crippen LogP contribution in [-0.2, 0) is 0 Å². The van der Waals surface area contributed by atoms with E-state index in [1.54, 1.807) is 0 Å². The first-order chi connectivity index (χ1) is 8.65. The fourth-order valence-electron chi connectivity index (χ4n) is 2.20. The molecule has 0 unspecified atom stereocenters. The van der Waals surface area contributed by atoms with E-state index >= 15 is 0 Å². The maximum absolute atomic E-state index is 5.75. The molecule has 4 nitrogen and oxygen atoms in total. The first kappa shape index (κ1) is 13.2. The monoisotopic (exact) mass is 248 g/mol. The lowest BCUT2D eigenvalue weighted by Crippen LogP contribution is -2.34. The summed E-state index contributed by atoms with van der Waals surface area (Å²) in [7, 11) is 4.39. The molecule has 1 aromatic rings. The summed E-state index contributed by atoms with van der Waals surface area (Å²) in [5.41, 5.74) is 7.85. The van der Waals surface area contributed by atoms with Crippen molar-refractivity contribution < 1.29 is 0 Å². The molecule has 0 aliphatic carbocycles. The average molecular weight is 248 g/mol. The Bertz CT molecular complexity index is 349. The second kappa shape index (κ2) is 6.07. The van der Waals surface area contributed by atoms with Gasteiger partial charge in [0.15, 0.2) is 0 Å².